The number of primary amides is 1. The molecule has 0 radical (unpaired) electrons. The summed E-state index contributed by atoms with van der Waals surface area (Å²) >= 11 is 10.5. The molecule has 0 unspecified atom stereocenters. The van der Waals surface area contributed by atoms with E-state index in [4.69, 9.17) is 23.2 Å². The lowest BCUT2D eigenvalue weighted by Gasteiger charge is -2.00. The molecule has 0 aliphatic heterocycles. The summed E-state index contributed by atoms with van der Waals surface area (Å²) in [5.41, 5.74) is 4.59. The van der Waals surface area contributed by atoms with Crippen LogP contribution in [0.3, 0.4) is 0 Å². The highest BCUT2D eigenvalue weighted by atomic mass is 35.5. The summed E-state index contributed by atoms with van der Waals surface area (Å²) in [5.74, 6) is -1.93. The summed E-state index contributed by atoms with van der Waals surface area (Å²) in [4.78, 5) is 19.7. The van der Waals surface area contributed by atoms with Gasteiger partial charge in [0.05, 0.1) is 0 Å². The van der Waals surface area contributed by atoms with Gasteiger partial charge in [0.15, 0.2) is 0 Å². The number of carbonyl (C=O) groups excluding carboxylic acids is 2. The predicted molar refractivity (Wildman–Crippen MR) is 37.7 cm³/mol. The van der Waals surface area contributed by atoms with Gasteiger partial charge in [-0.05, 0) is 0 Å². The summed E-state index contributed by atoms with van der Waals surface area (Å²) in [6.45, 7) is 0.0187. The maximum Gasteiger partial charge on any atom is 0.309 e. The molecule has 0 fully saturated rings. The van der Waals surface area contributed by atoms with E-state index >= 15 is 0 Å². The number of alkyl halides is 2. The largest absolute Gasteiger partial charge is 0.361 e. The van der Waals surface area contributed by atoms with Crippen molar-refractivity contribution in [2.45, 2.75) is 4.84 Å². The lowest BCUT2D eigenvalue weighted by molar-refractivity contribution is -0.137. The zero-order valence-corrected chi connectivity index (χ0v) is 6.45. The van der Waals surface area contributed by atoms with Crippen molar-refractivity contribution in [3.63, 3.8) is 0 Å². The van der Waals surface area contributed by atoms with Crippen molar-refractivity contribution in [3.05, 3.63) is 0 Å². The Morgan fingerprint density at radius 3 is 2.30 bits per heavy atom. The van der Waals surface area contributed by atoms with E-state index in [1.165, 1.54) is 0 Å². The Bertz CT molecular complexity index is 148. The van der Waals surface area contributed by atoms with E-state index in [-0.39, 0.29) is 6.54 Å². The first-order chi connectivity index (χ1) is 4.54. The number of nitrogens with two attached hydrogens (primary N) is 1. The van der Waals surface area contributed by atoms with Crippen molar-refractivity contribution < 1.29 is 9.59 Å². The summed E-state index contributed by atoms with van der Waals surface area (Å²) in [7, 11) is 0. The quantitative estimate of drug-likeness (QED) is 0.445. The molecule has 0 aliphatic carbocycles. The second kappa shape index (κ2) is 4.35. The molecule has 3 N–H and O–H groups in total. The molecule has 0 saturated heterocycles. The fourth-order valence-corrected chi connectivity index (χ4v) is 0.411. The molecule has 6 heteroatoms. The summed E-state index contributed by atoms with van der Waals surface area (Å²) in [6, 6.07) is 0. The first-order valence-electron chi connectivity index (χ1n) is 2.40. The fourth-order valence-electron chi connectivity index (χ4n) is 0.257. The van der Waals surface area contributed by atoms with Crippen molar-refractivity contribution >= 4 is 35.0 Å². The lowest BCUT2D eigenvalue weighted by atomic mass is 10.5. The topological polar surface area (TPSA) is 72.2 Å². The third-order valence-corrected chi connectivity index (χ3v) is 0.949. The van der Waals surface area contributed by atoms with Crippen LogP contribution < -0.4 is 11.1 Å². The third-order valence-electron chi connectivity index (χ3n) is 0.641. The van der Waals surface area contributed by atoms with Crippen LogP contribution in [0.25, 0.3) is 0 Å². The molecule has 2 amide bonds. The van der Waals surface area contributed by atoms with E-state index in [1.54, 1.807) is 0 Å². The van der Waals surface area contributed by atoms with Crippen molar-refractivity contribution in [2.75, 3.05) is 6.54 Å². The van der Waals surface area contributed by atoms with Crippen LogP contribution in [0.4, 0.5) is 0 Å². The molecule has 0 saturated carbocycles. The van der Waals surface area contributed by atoms with Crippen LogP contribution in [0.15, 0.2) is 0 Å². The van der Waals surface area contributed by atoms with E-state index < -0.39 is 16.7 Å². The minimum absolute atomic E-state index is 0.0187. The highest BCUT2D eigenvalue weighted by Gasteiger charge is 2.08. The molecular formula is C4H6Cl2N2O2. The number of nitrogens with one attached hydrogen (secondary N) is 1. The molecule has 0 rings (SSSR count). The van der Waals surface area contributed by atoms with Gasteiger partial charge in [0.2, 0.25) is 0 Å². The van der Waals surface area contributed by atoms with Crippen molar-refractivity contribution in [1.29, 1.82) is 0 Å². The molecule has 0 spiro atoms. The van der Waals surface area contributed by atoms with Crippen LogP contribution in [0.1, 0.15) is 0 Å². The molecule has 0 aromatic heterocycles. The number of hydrogen-bond acceptors (Lipinski definition) is 2. The van der Waals surface area contributed by atoms with Crippen molar-refractivity contribution in [3.8, 4) is 0 Å². The van der Waals surface area contributed by atoms with Gasteiger partial charge in [-0.1, -0.05) is 0 Å². The first-order valence-corrected chi connectivity index (χ1v) is 3.27. The smallest absolute Gasteiger partial charge is 0.309 e. The normalized spacial score (nSPS) is 9.50. The predicted octanol–water partition coefficient (Wildman–Crippen LogP) is -0.608. The fraction of sp³-hybridized carbons (Fsp3) is 0.500. The van der Waals surface area contributed by atoms with Crippen LogP contribution in [0.5, 0.6) is 0 Å². The Kier molecular flexibility index (Phi) is 4.14. The standard InChI is InChI=1S/C4H6Cl2N2O2/c5-2(6)1-8-4(10)3(7)9/h2H,1H2,(H2,7,9)(H,8,10). The Labute approximate surface area is 67.7 Å². The van der Waals surface area contributed by atoms with Gasteiger partial charge in [-0.3, -0.25) is 9.59 Å². The Morgan fingerprint density at radius 1 is 1.50 bits per heavy atom. The monoisotopic (exact) mass is 184 g/mol. The van der Waals surface area contributed by atoms with Crippen LogP contribution in [-0.2, 0) is 9.59 Å². The molecular weight excluding hydrogens is 179 g/mol. The van der Waals surface area contributed by atoms with E-state index in [0.29, 0.717) is 0 Å². The molecule has 0 heterocycles. The highest BCUT2D eigenvalue weighted by Crippen LogP contribution is 1.97. The van der Waals surface area contributed by atoms with Gasteiger partial charge in [0.1, 0.15) is 4.84 Å². The molecule has 0 atom stereocenters. The number of rotatable bonds is 2. The highest BCUT2D eigenvalue weighted by molar-refractivity contribution is 6.44. The Morgan fingerprint density at radius 2 is 2.00 bits per heavy atom. The van der Waals surface area contributed by atoms with Crippen LogP contribution >= 0.6 is 23.2 Å². The first kappa shape index (κ1) is 9.52. The number of amides is 2. The zero-order chi connectivity index (χ0) is 8.15. The maximum atomic E-state index is 10.3. The van der Waals surface area contributed by atoms with Gasteiger partial charge in [-0.15, -0.1) is 23.2 Å². The van der Waals surface area contributed by atoms with Gasteiger partial charge >= 0.3 is 11.8 Å². The lowest BCUT2D eigenvalue weighted by Crippen LogP contribution is -2.38. The Balaban J connectivity index is 3.50. The van der Waals surface area contributed by atoms with Crippen LogP contribution in [-0.4, -0.2) is 23.2 Å². The zero-order valence-electron chi connectivity index (χ0n) is 4.93. The molecule has 0 aliphatic rings. The second-order valence-electron chi connectivity index (χ2n) is 1.47. The minimum atomic E-state index is -1.05. The van der Waals surface area contributed by atoms with Gasteiger partial charge in [-0.2, -0.15) is 0 Å². The van der Waals surface area contributed by atoms with Gasteiger partial charge in [0, 0.05) is 6.54 Å². The summed E-state index contributed by atoms with van der Waals surface area (Å²) in [6.07, 6.45) is 0. The Hall–Kier alpha value is -0.480. The third kappa shape index (κ3) is 4.40. The van der Waals surface area contributed by atoms with Gasteiger partial charge < -0.3 is 11.1 Å². The molecule has 0 aromatic carbocycles. The maximum absolute atomic E-state index is 10.3. The van der Waals surface area contributed by atoms with E-state index in [0.717, 1.165) is 0 Å². The number of halogens is 2. The minimum Gasteiger partial charge on any atom is -0.361 e. The molecule has 4 nitrogen and oxygen atoms in total. The van der Waals surface area contributed by atoms with Crippen LogP contribution in [0.2, 0.25) is 0 Å². The van der Waals surface area contributed by atoms with Crippen molar-refractivity contribution in [1.82, 2.24) is 5.32 Å². The van der Waals surface area contributed by atoms with Crippen molar-refractivity contribution in [2.24, 2.45) is 5.73 Å². The van der Waals surface area contributed by atoms with E-state index in [2.05, 4.69) is 11.1 Å². The van der Waals surface area contributed by atoms with E-state index in [1.807, 2.05) is 0 Å². The average Bonchev–Trinajstić information content (AvgIpc) is 1.82. The number of hydrogen-bond donors (Lipinski definition) is 2. The second-order valence-corrected chi connectivity index (χ2v) is 2.74. The molecule has 10 heavy (non-hydrogen) atoms. The van der Waals surface area contributed by atoms with Gasteiger partial charge in [0.25, 0.3) is 0 Å². The van der Waals surface area contributed by atoms with Gasteiger partial charge in [-0.25, -0.2) is 0 Å². The number of carbonyl (C=O) groups is 2. The summed E-state index contributed by atoms with van der Waals surface area (Å²) < 4.78 is 0. The molecule has 58 valence electrons. The average molecular weight is 185 g/mol. The molecule has 0 bridgehead atoms. The van der Waals surface area contributed by atoms with Crippen LogP contribution in [0, 0.1) is 0 Å². The molecule has 0 aromatic rings. The SMILES string of the molecule is NC(=O)C(=O)NCC(Cl)Cl. The summed E-state index contributed by atoms with van der Waals surface area (Å²) in [5, 5.41) is 2.10. The van der Waals surface area contributed by atoms with E-state index in [9.17, 15) is 9.59 Å².